The molecule has 0 aromatic heterocycles. The molecule has 2 atom stereocenters. The number of carbonyl (C=O) groups excluding carboxylic acids is 1. The summed E-state index contributed by atoms with van der Waals surface area (Å²) < 4.78 is 11.7. The second-order valence-electron chi connectivity index (χ2n) is 4.72. The number of hydrogen-bond donors (Lipinski definition) is 1. The van der Waals surface area contributed by atoms with Crippen molar-refractivity contribution in [2.45, 2.75) is 44.9 Å². The fourth-order valence-electron chi connectivity index (χ4n) is 1.90. The second kappa shape index (κ2) is 3.87. The largest absolute Gasteiger partial charge is 0.468 e. The van der Waals surface area contributed by atoms with Gasteiger partial charge < -0.3 is 9.85 Å². The molecule has 4 heteroatoms. The molecule has 0 amide bonds. The Morgan fingerprint density at radius 1 is 1.64 bits per heavy atom. The van der Waals surface area contributed by atoms with Gasteiger partial charge in [0, 0.05) is 18.5 Å². The molecular weight excluding hydrogens is 182 g/mol. The first-order valence-corrected chi connectivity index (χ1v) is 4.86. The van der Waals surface area contributed by atoms with Crippen molar-refractivity contribution in [2.24, 2.45) is 0 Å². The van der Waals surface area contributed by atoms with Crippen LogP contribution in [0.5, 0.6) is 0 Å². The van der Waals surface area contributed by atoms with Crippen LogP contribution < -0.4 is 0 Å². The maximum Gasteiger partial charge on any atom is 0.323 e. The van der Waals surface area contributed by atoms with Gasteiger partial charge in [0.25, 0.3) is 0 Å². The van der Waals surface area contributed by atoms with Crippen LogP contribution in [-0.2, 0) is 9.53 Å². The lowest BCUT2D eigenvalue weighted by molar-refractivity contribution is -0.147. The quantitative estimate of drug-likeness (QED) is 0.658. The summed E-state index contributed by atoms with van der Waals surface area (Å²) in [5.74, 6) is -0.246. The highest BCUT2D eigenvalue weighted by Gasteiger charge is 2.41. The Balaban J connectivity index is 2.79. The summed E-state index contributed by atoms with van der Waals surface area (Å²) in [7, 11) is 1.39. The number of rotatable bonds is 2. The van der Waals surface area contributed by atoms with E-state index in [1.54, 1.807) is 0 Å². The van der Waals surface area contributed by atoms with E-state index in [9.17, 15) is 4.79 Å². The van der Waals surface area contributed by atoms with Gasteiger partial charge in [0.2, 0.25) is 1.43 Å². The zero-order chi connectivity index (χ0) is 11.6. The molecule has 1 N–H and O–H groups in total. The number of ether oxygens (including phenoxy) is 1. The molecule has 0 unspecified atom stereocenters. The van der Waals surface area contributed by atoms with Gasteiger partial charge in [-0.25, -0.2) is 0 Å². The first kappa shape index (κ1) is 9.93. The van der Waals surface area contributed by atoms with E-state index in [-0.39, 0.29) is 23.7 Å². The van der Waals surface area contributed by atoms with E-state index >= 15 is 0 Å². The Bertz CT molecular complexity index is 239. The van der Waals surface area contributed by atoms with E-state index < -0.39 is 0 Å². The Morgan fingerprint density at radius 2 is 2.29 bits per heavy atom. The number of β-amino-alcohol motifs (C(OH)–C–C–N with tert-alkyl or cyclic N) is 1. The molecule has 0 aliphatic carbocycles. The molecular formula is C10H19NO3. The van der Waals surface area contributed by atoms with Crippen molar-refractivity contribution < 1.29 is 14.6 Å². The predicted octanol–water partition coefficient (Wildman–Crippen LogP) is 0.393. The number of methoxy groups -OCH3 is 1. The van der Waals surface area contributed by atoms with E-state index in [2.05, 4.69) is 5.11 Å². The Hall–Kier alpha value is -0.610. The summed E-state index contributed by atoms with van der Waals surface area (Å²) in [5.41, 5.74) is -0.119. The topological polar surface area (TPSA) is 49.8 Å². The van der Waals surface area contributed by atoms with Gasteiger partial charge in [0.1, 0.15) is 6.04 Å². The van der Waals surface area contributed by atoms with Gasteiger partial charge in [0.15, 0.2) is 0 Å². The van der Waals surface area contributed by atoms with E-state index in [4.69, 9.17) is 6.17 Å². The number of hydrogen-bond acceptors (Lipinski definition) is 4. The monoisotopic (exact) mass is 202 g/mol. The van der Waals surface area contributed by atoms with E-state index in [1.165, 1.54) is 7.11 Å². The minimum Gasteiger partial charge on any atom is -0.468 e. The van der Waals surface area contributed by atoms with Crippen LogP contribution in [0.3, 0.4) is 0 Å². The van der Waals surface area contributed by atoms with E-state index in [0.717, 1.165) is 0 Å². The highest BCUT2D eigenvalue weighted by Crippen LogP contribution is 2.27. The minimum atomic E-state index is -0.287. The third-order valence-corrected chi connectivity index (χ3v) is 2.60. The van der Waals surface area contributed by atoms with Crippen LogP contribution in [0.25, 0.3) is 0 Å². The third kappa shape index (κ3) is 2.25. The van der Waals surface area contributed by atoms with Crippen LogP contribution in [0.4, 0.5) is 0 Å². The Labute approximate surface area is 86.3 Å². The van der Waals surface area contributed by atoms with Crippen LogP contribution in [0, 0.1) is 0 Å². The highest BCUT2D eigenvalue weighted by molar-refractivity contribution is 5.76. The number of likely N-dealkylation sites (tertiary alicyclic amines) is 1. The lowest BCUT2D eigenvalue weighted by atomic mass is 10.0. The minimum absolute atomic E-state index is 0.119. The van der Waals surface area contributed by atoms with Crippen molar-refractivity contribution in [3.8, 4) is 0 Å². The van der Waals surface area contributed by atoms with Gasteiger partial charge in [-0.3, -0.25) is 9.69 Å². The lowest BCUT2D eigenvalue weighted by Gasteiger charge is -2.35. The van der Waals surface area contributed by atoms with E-state index in [1.807, 2.05) is 25.7 Å². The van der Waals surface area contributed by atoms with E-state index in [0.29, 0.717) is 13.0 Å². The van der Waals surface area contributed by atoms with Crippen molar-refractivity contribution in [3.63, 3.8) is 0 Å². The van der Waals surface area contributed by atoms with Gasteiger partial charge in [-0.1, -0.05) is 0 Å². The molecule has 1 saturated heterocycles. The highest BCUT2D eigenvalue weighted by atomic mass is 16.5. The predicted molar refractivity (Wildman–Crippen MR) is 52.9 cm³/mol. The zero-order valence-electron chi connectivity index (χ0n) is 10.2. The van der Waals surface area contributed by atoms with Crippen molar-refractivity contribution in [2.75, 3.05) is 13.7 Å². The summed E-state index contributed by atoms with van der Waals surface area (Å²) in [6.07, 6.45) is 0.335. The van der Waals surface area contributed by atoms with Crippen molar-refractivity contribution in [1.29, 1.82) is 1.43 Å². The number of esters is 1. The van der Waals surface area contributed by atoms with Crippen LogP contribution in [0.15, 0.2) is 0 Å². The van der Waals surface area contributed by atoms with Crippen LogP contribution in [-0.4, -0.2) is 48.7 Å². The molecule has 1 aliphatic rings. The number of aliphatic hydroxyl groups excluding tert-OH is 1. The molecule has 1 fully saturated rings. The Kier molecular flexibility index (Phi) is 2.74. The Morgan fingerprint density at radius 3 is 2.71 bits per heavy atom. The molecule has 82 valence electrons. The average molecular weight is 202 g/mol. The molecule has 1 rings (SSSR count). The molecule has 0 aromatic rings. The van der Waals surface area contributed by atoms with Gasteiger partial charge in [0.05, 0.1) is 13.2 Å². The van der Waals surface area contributed by atoms with Crippen molar-refractivity contribution >= 4 is 5.97 Å². The van der Waals surface area contributed by atoms with Crippen molar-refractivity contribution in [1.82, 2.24) is 4.90 Å². The van der Waals surface area contributed by atoms with Gasteiger partial charge in [-0.15, -0.1) is 0 Å². The first-order chi connectivity index (χ1) is 6.90. The molecule has 0 aromatic carbocycles. The van der Waals surface area contributed by atoms with Crippen LogP contribution >= 0.6 is 0 Å². The number of carbonyl (C=O) groups is 1. The zero-order valence-corrected chi connectivity index (χ0v) is 9.24. The summed E-state index contributed by atoms with van der Waals surface area (Å²) in [5, 5.41) is 4.56. The first-order valence-electron chi connectivity index (χ1n) is 5.27. The number of aliphatic hydroxyl groups is 1. The molecule has 0 bridgehead atoms. The van der Waals surface area contributed by atoms with Crippen LogP contribution in [0.1, 0.15) is 27.2 Å². The van der Waals surface area contributed by atoms with Gasteiger partial charge in [-0.2, -0.15) is 0 Å². The summed E-state index contributed by atoms with van der Waals surface area (Å²) in [4.78, 5) is 13.6. The van der Waals surface area contributed by atoms with Gasteiger partial charge >= 0.3 is 5.97 Å². The molecule has 0 saturated carbocycles. The lowest BCUT2D eigenvalue weighted by Crippen LogP contribution is -2.48. The fourth-order valence-corrected chi connectivity index (χ4v) is 1.90. The molecule has 0 spiro atoms. The fraction of sp³-hybridized carbons (Fsp3) is 0.900. The standard InChI is InChI=1S/C10H19NO3/c1-10(2,3)11-6-7(12)5-8(11)9(13)14-4/h7-8,12H,5-6H2,1-4H3/t7-,8-/m0/s1/i12D. The average Bonchev–Trinajstić information content (AvgIpc) is 2.59. The second-order valence-corrected chi connectivity index (χ2v) is 4.72. The van der Waals surface area contributed by atoms with Crippen molar-refractivity contribution in [3.05, 3.63) is 0 Å². The maximum atomic E-state index is 11.6. The number of nitrogens with zero attached hydrogens (tertiary/aromatic N) is 1. The molecule has 14 heavy (non-hydrogen) atoms. The van der Waals surface area contributed by atoms with Crippen LogP contribution in [0.2, 0.25) is 0 Å². The SMILES string of the molecule is [2H]O[C@H]1C[C@@H](C(=O)OC)N(C(C)(C)C)C1. The molecule has 0 radical (unpaired) electrons. The smallest absolute Gasteiger partial charge is 0.323 e. The summed E-state index contributed by atoms with van der Waals surface area (Å²) in [6, 6.07) is -0.287. The van der Waals surface area contributed by atoms with Gasteiger partial charge in [-0.05, 0) is 20.8 Å². The maximum absolute atomic E-state index is 11.6. The molecule has 1 aliphatic heterocycles. The summed E-state index contributed by atoms with van der Waals surface area (Å²) in [6.45, 7) is 6.71. The molecule has 1 heterocycles. The summed E-state index contributed by atoms with van der Waals surface area (Å²) >= 11 is 0. The normalized spacial score (nSPS) is 30.1. The molecule has 4 nitrogen and oxygen atoms in total. The third-order valence-electron chi connectivity index (χ3n) is 2.60.